The van der Waals surface area contributed by atoms with Crippen LogP contribution < -0.4 is 10.6 Å². The van der Waals surface area contributed by atoms with E-state index in [1.165, 1.54) is 32.1 Å². The minimum atomic E-state index is -0.349. The number of alkyl carbamates (subject to hydrolysis) is 2. The van der Waals surface area contributed by atoms with Gasteiger partial charge in [-0.25, -0.2) is 9.59 Å². The van der Waals surface area contributed by atoms with Gasteiger partial charge in [-0.15, -0.1) is 0 Å². The lowest BCUT2D eigenvalue weighted by Crippen LogP contribution is -2.40. The van der Waals surface area contributed by atoms with Crippen LogP contribution in [0.5, 0.6) is 0 Å². The number of piperidine rings is 2. The van der Waals surface area contributed by atoms with Crippen LogP contribution in [0.15, 0.2) is 121 Å². The number of nitrogens with one attached hydrogen (secondary N) is 2. The standard InChI is InChI=1S/C45H56N4O4/c50-44(46-42(36-18-8-4-9-19-36)37-20-10-5-11-21-37)52-40-26-32-48(33-27-40)30-16-2-1-3-17-31-49-34-28-41(29-35-49)53-45(51)47-43(38-22-12-6-13-23-38)39-24-14-7-15-25-39/h4-15,18-25,40-43H,1-3,16-17,26-35H2,(H,46,50)(H,47,51). The number of amides is 2. The molecule has 2 fully saturated rings. The quantitative estimate of drug-likeness (QED) is 0.113. The first-order chi connectivity index (χ1) is 26.1. The summed E-state index contributed by atoms with van der Waals surface area (Å²) in [5.74, 6) is 0. The summed E-state index contributed by atoms with van der Waals surface area (Å²) in [7, 11) is 0. The highest BCUT2D eigenvalue weighted by Gasteiger charge is 2.26. The van der Waals surface area contributed by atoms with Crippen molar-refractivity contribution in [2.24, 2.45) is 0 Å². The zero-order valence-electron chi connectivity index (χ0n) is 31.0. The Morgan fingerprint density at radius 2 is 0.755 bits per heavy atom. The van der Waals surface area contributed by atoms with Crippen molar-refractivity contribution in [3.05, 3.63) is 144 Å². The Morgan fingerprint density at radius 1 is 0.472 bits per heavy atom. The van der Waals surface area contributed by atoms with Crippen LogP contribution in [0.4, 0.5) is 9.59 Å². The van der Waals surface area contributed by atoms with Crippen LogP contribution in [-0.2, 0) is 9.47 Å². The van der Waals surface area contributed by atoms with Gasteiger partial charge in [0.05, 0.1) is 12.1 Å². The van der Waals surface area contributed by atoms with E-state index in [1.54, 1.807) is 0 Å². The van der Waals surface area contributed by atoms with E-state index in [4.69, 9.17) is 9.47 Å². The van der Waals surface area contributed by atoms with Crippen LogP contribution in [0.2, 0.25) is 0 Å². The first-order valence-corrected chi connectivity index (χ1v) is 19.7. The van der Waals surface area contributed by atoms with Gasteiger partial charge in [-0.05, 0) is 73.9 Å². The third-order valence-corrected chi connectivity index (χ3v) is 10.6. The zero-order chi connectivity index (χ0) is 36.5. The summed E-state index contributed by atoms with van der Waals surface area (Å²) in [6.07, 6.45) is 8.90. The molecule has 8 heteroatoms. The van der Waals surface area contributed by atoms with E-state index in [0.29, 0.717) is 0 Å². The minimum absolute atomic E-state index is 0.0427. The van der Waals surface area contributed by atoms with Gasteiger partial charge in [0.15, 0.2) is 0 Å². The number of benzene rings is 4. The molecule has 280 valence electrons. The number of carbonyl (C=O) groups excluding carboxylic acids is 2. The maximum atomic E-state index is 12.9. The molecule has 0 radical (unpaired) electrons. The van der Waals surface area contributed by atoms with Crippen molar-refractivity contribution >= 4 is 12.2 Å². The lowest BCUT2D eigenvalue weighted by molar-refractivity contribution is 0.0491. The van der Waals surface area contributed by atoms with Gasteiger partial charge in [-0.3, -0.25) is 0 Å². The number of hydrogen-bond acceptors (Lipinski definition) is 6. The summed E-state index contributed by atoms with van der Waals surface area (Å²) in [6, 6.07) is 39.7. The largest absolute Gasteiger partial charge is 0.446 e. The fraction of sp³-hybridized carbons (Fsp3) is 0.422. The molecule has 4 aromatic rings. The first-order valence-electron chi connectivity index (χ1n) is 19.7. The molecule has 2 N–H and O–H groups in total. The first kappa shape index (κ1) is 38.1. The van der Waals surface area contributed by atoms with Gasteiger partial charge in [0, 0.05) is 26.2 Å². The Kier molecular flexibility index (Phi) is 14.8. The molecular weight excluding hydrogens is 661 g/mol. The molecule has 53 heavy (non-hydrogen) atoms. The molecule has 0 bridgehead atoms. The van der Waals surface area contributed by atoms with E-state index in [0.717, 1.165) is 87.2 Å². The van der Waals surface area contributed by atoms with Crippen LogP contribution in [0.1, 0.15) is 92.1 Å². The smallest absolute Gasteiger partial charge is 0.408 e. The van der Waals surface area contributed by atoms with E-state index in [9.17, 15) is 9.59 Å². The molecule has 2 heterocycles. The number of hydrogen-bond donors (Lipinski definition) is 2. The van der Waals surface area contributed by atoms with Crippen molar-refractivity contribution in [3.63, 3.8) is 0 Å². The predicted molar refractivity (Wildman–Crippen MR) is 211 cm³/mol. The average Bonchev–Trinajstić information content (AvgIpc) is 3.21. The van der Waals surface area contributed by atoms with E-state index >= 15 is 0 Å². The minimum Gasteiger partial charge on any atom is -0.446 e. The van der Waals surface area contributed by atoms with Crippen LogP contribution in [-0.4, -0.2) is 73.5 Å². The fourth-order valence-corrected chi connectivity index (χ4v) is 7.61. The van der Waals surface area contributed by atoms with Gasteiger partial charge in [0.2, 0.25) is 0 Å². The molecule has 2 aliphatic rings. The van der Waals surface area contributed by atoms with Crippen LogP contribution in [0.3, 0.4) is 0 Å². The fourth-order valence-electron chi connectivity index (χ4n) is 7.61. The molecule has 0 aliphatic carbocycles. The van der Waals surface area contributed by atoms with Crippen LogP contribution in [0.25, 0.3) is 0 Å². The summed E-state index contributed by atoms with van der Waals surface area (Å²) in [4.78, 5) is 30.9. The molecule has 8 nitrogen and oxygen atoms in total. The predicted octanol–water partition coefficient (Wildman–Crippen LogP) is 8.90. The number of likely N-dealkylation sites (tertiary alicyclic amines) is 2. The van der Waals surface area contributed by atoms with Gasteiger partial charge in [-0.2, -0.15) is 0 Å². The molecule has 0 unspecified atom stereocenters. The van der Waals surface area contributed by atoms with Crippen LogP contribution in [0, 0.1) is 0 Å². The maximum Gasteiger partial charge on any atom is 0.408 e. The normalized spacial score (nSPS) is 16.0. The van der Waals surface area contributed by atoms with Crippen molar-refractivity contribution in [1.29, 1.82) is 0 Å². The number of rotatable bonds is 16. The number of ether oxygens (including phenoxy) is 2. The van der Waals surface area contributed by atoms with E-state index in [2.05, 4.69) is 20.4 Å². The summed E-state index contributed by atoms with van der Waals surface area (Å²) in [6.45, 7) is 6.12. The third kappa shape index (κ3) is 12.2. The summed E-state index contributed by atoms with van der Waals surface area (Å²) < 4.78 is 11.8. The summed E-state index contributed by atoms with van der Waals surface area (Å²) >= 11 is 0. The molecule has 6 rings (SSSR count). The van der Waals surface area contributed by atoms with Gasteiger partial charge < -0.3 is 29.9 Å². The third-order valence-electron chi connectivity index (χ3n) is 10.6. The van der Waals surface area contributed by atoms with Crippen molar-refractivity contribution in [1.82, 2.24) is 20.4 Å². The lowest BCUT2D eigenvalue weighted by atomic mass is 9.99. The summed E-state index contributed by atoms with van der Waals surface area (Å²) in [5.41, 5.74) is 4.15. The number of unbranched alkanes of at least 4 members (excludes halogenated alkanes) is 4. The van der Waals surface area contributed by atoms with Gasteiger partial charge in [-0.1, -0.05) is 141 Å². The molecule has 0 atom stereocenters. The second-order valence-electron chi connectivity index (χ2n) is 14.5. The van der Waals surface area contributed by atoms with Crippen molar-refractivity contribution < 1.29 is 19.1 Å². The van der Waals surface area contributed by atoms with E-state index in [-0.39, 0.29) is 36.5 Å². The van der Waals surface area contributed by atoms with Gasteiger partial charge in [0.1, 0.15) is 12.2 Å². The Hall–Kier alpha value is -4.66. The molecule has 0 spiro atoms. The topological polar surface area (TPSA) is 83.1 Å². The second kappa shape index (κ2) is 20.5. The molecule has 0 saturated carbocycles. The Morgan fingerprint density at radius 3 is 1.06 bits per heavy atom. The average molecular weight is 717 g/mol. The van der Waals surface area contributed by atoms with Gasteiger partial charge in [0.25, 0.3) is 0 Å². The molecular formula is C45H56N4O4. The van der Waals surface area contributed by atoms with E-state index < -0.39 is 0 Å². The monoisotopic (exact) mass is 716 g/mol. The van der Waals surface area contributed by atoms with Gasteiger partial charge >= 0.3 is 12.2 Å². The lowest BCUT2D eigenvalue weighted by Gasteiger charge is -2.32. The van der Waals surface area contributed by atoms with Crippen molar-refractivity contribution in [2.75, 3.05) is 39.3 Å². The number of carbonyl (C=O) groups is 2. The summed E-state index contributed by atoms with van der Waals surface area (Å²) in [5, 5.41) is 6.23. The SMILES string of the molecule is O=C(NC(c1ccccc1)c1ccccc1)OC1CCN(CCCCCCCN2CCC(OC(=O)NC(c3ccccc3)c3ccccc3)CC2)CC1. The highest BCUT2D eigenvalue weighted by Crippen LogP contribution is 2.25. The highest BCUT2D eigenvalue weighted by molar-refractivity contribution is 5.69. The van der Waals surface area contributed by atoms with E-state index in [1.807, 2.05) is 121 Å². The Labute approximate surface area is 315 Å². The van der Waals surface area contributed by atoms with Crippen molar-refractivity contribution in [2.45, 2.75) is 82.1 Å². The van der Waals surface area contributed by atoms with Crippen LogP contribution >= 0.6 is 0 Å². The zero-order valence-corrected chi connectivity index (χ0v) is 31.0. The van der Waals surface area contributed by atoms with Crippen molar-refractivity contribution in [3.8, 4) is 0 Å². The Balaban J connectivity index is 0.796. The molecule has 2 saturated heterocycles. The molecule has 0 aromatic heterocycles. The highest BCUT2D eigenvalue weighted by atomic mass is 16.6. The molecule has 4 aromatic carbocycles. The Bertz CT molecular complexity index is 1420. The number of nitrogens with zero attached hydrogens (tertiary/aromatic N) is 2. The molecule has 2 amide bonds. The molecule has 2 aliphatic heterocycles. The maximum absolute atomic E-state index is 12.9. The second-order valence-corrected chi connectivity index (χ2v) is 14.5.